The average Bonchev–Trinajstić information content (AvgIpc) is 2.79. The van der Waals surface area contributed by atoms with Gasteiger partial charge in [-0.2, -0.15) is 0 Å². The zero-order valence-corrected chi connectivity index (χ0v) is 19.2. The van der Waals surface area contributed by atoms with Crippen molar-refractivity contribution in [3.05, 3.63) is 41.0 Å². The van der Waals surface area contributed by atoms with Gasteiger partial charge in [0.2, 0.25) is 0 Å². The quantitative estimate of drug-likeness (QED) is 0.146. The first-order valence-electron chi connectivity index (χ1n) is 10.6. The highest BCUT2D eigenvalue weighted by Gasteiger charge is 2.43. The van der Waals surface area contributed by atoms with Gasteiger partial charge in [-0.15, -0.1) is 0 Å². The van der Waals surface area contributed by atoms with E-state index in [1.807, 2.05) is 19.9 Å². The van der Waals surface area contributed by atoms with E-state index in [9.17, 15) is 40.5 Å². The first-order valence-corrected chi connectivity index (χ1v) is 10.6. The largest absolute Gasteiger partial charge is 0.504 e. The first-order chi connectivity index (χ1) is 16.0. The highest BCUT2D eigenvalue weighted by atomic mass is 16.7. The predicted octanol–water partition coefficient (Wildman–Crippen LogP) is 0.448. The molecule has 0 bridgehead atoms. The molecule has 0 aliphatic carbocycles. The fourth-order valence-corrected chi connectivity index (χ4v) is 3.20. The molecule has 190 valence electrons. The normalized spacial score (nSPS) is 26.1. The molecule has 34 heavy (non-hydrogen) atoms. The van der Waals surface area contributed by atoms with E-state index in [4.69, 9.17) is 14.2 Å². The summed E-state index contributed by atoms with van der Waals surface area (Å²) in [6.07, 6.45) is -4.02. The van der Waals surface area contributed by atoms with Gasteiger partial charge in [0, 0.05) is 6.42 Å². The Balaban J connectivity index is 2.11. The van der Waals surface area contributed by atoms with Gasteiger partial charge in [-0.1, -0.05) is 17.7 Å². The summed E-state index contributed by atoms with van der Waals surface area (Å²) in [7, 11) is 0. The van der Waals surface area contributed by atoms with E-state index >= 15 is 0 Å². The molecule has 1 heterocycles. The third-order valence-electron chi connectivity index (χ3n) is 5.32. The van der Waals surface area contributed by atoms with Crippen LogP contribution in [0.1, 0.15) is 37.6 Å². The number of benzene rings is 1. The van der Waals surface area contributed by atoms with Crippen LogP contribution in [0.4, 0.5) is 0 Å². The molecule has 1 fully saturated rings. The molecule has 0 unspecified atom stereocenters. The van der Waals surface area contributed by atoms with Crippen molar-refractivity contribution in [1.29, 1.82) is 0 Å². The average molecular weight is 484 g/mol. The van der Waals surface area contributed by atoms with Crippen molar-refractivity contribution >= 4 is 5.97 Å². The summed E-state index contributed by atoms with van der Waals surface area (Å²) in [4.78, 5) is 12.6. The van der Waals surface area contributed by atoms with E-state index in [-0.39, 0.29) is 12.2 Å². The molecule has 11 nitrogen and oxygen atoms in total. The molecule has 1 aromatic rings. The first kappa shape index (κ1) is 27.6. The number of esters is 1. The van der Waals surface area contributed by atoms with Crippen LogP contribution >= 0.6 is 0 Å². The maximum absolute atomic E-state index is 12.6. The van der Waals surface area contributed by atoms with Crippen LogP contribution in [0.25, 0.3) is 0 Å². The van der Waals surface area contributed by atoms with E-state index in [1.165, 1.54) is 0 Å². The van der Waals surface area contributed by atoms with Gasteiger partial charge >= 0.3 is 5.97 Å². The topological polar surface area (TPSA) is 186 Å². The number of hydrogen-bond acceptors (Lipinski definition) is 11. The number of ether oxygens (including phenoxy) is 3. The van der Waals surface area contributed by atoms with Gasteiger partial charge in [0.15, 0.2) is 23.5 Å². The summed E-state index contributed by atoms with van der Waals surface area (Å²) in [5, 5.41) is 67.7. The van der Waals surface area contributed by atoms with Crippen molar-refractivity contribution in [2.24, 2.45) is 0 Å². The lowest BCUT2D eigenvalue weighted by molar-refractivity contribution is -0.298. The van der Waals surface area contributed by atoms with Crippen molar-refractivity contribution in [1.82, 2.24) is 0 Å². The molecule has 1 saturated heterocycles. The van der Waals surface area contributed by atoms with Gasteiger partial charge in [0.25, 0.3) is 0 Å². The van der Waals surface area contributed by atoms with Crippen LogP contribution in [0.5, 0.6) is 17.2 Å². The Morgan fingerprint density at radius 3 is 2.21 bits per heavy atom. The molecular formula is C23H32O11. The fraction of sp³-hybridized carbons (Fsp3) is 0.522. The van der Waals surface area contributed by atoms with Crippen LogP contribution in [0, 0.1) is 0 Å². The van der Waals surface area contributed by atoms with Crippen molar-refractivity contribution in [2.75, 3.05) is 13.2 Å². The molecular weight excluding hydrogens is 452 g/mol. The van der Waals surface area contributed by atoms with E-state index in [0.29, 0.717) is 12.0 Å². The maximum atomic E-state index is 12.6. The molecule has 6 atom stereocenters. The zero-order valence-electron chi connectivity index (χ0n) is 19.2. The number of allylic oxidation sites excluding steroid dienone is 1. The number of rotatable bonds is 9. The predicted molar refractivity (Wildman–Crippen MR) is 118 cm³/mol. The minimum Gasteiger partial charge on any atom is -0.504 e. The van der Waals surface area contributed by atoms with E-state index < -0.39 is 66.6 Å². The molecule has 0 aromatic heterocycles. The van der Waals surface area contributed by atoms with E-state index in [1.54, 1.807) is 13.0 Å². The summed E-state index contributed by atoms with van der Waals surface area (Å²) in [5.74, 6) is -2.94. The molecule has 1 aromatic carbocycles. The lowest BCUT2D eigenvalue weighted by Crippen LogP contribution is -2.59. The minimum atomic E-state index is -1.56. The van der Waals surface area contributed by atoms with Crippen LogP contribution in [0.15, 0.2) is 35.4 Å². The Bertz CT molecular complexity index is 881. The summed E-state index contributed by atoms with van der Waals surface area (Å²) in [5.41, 5.74) is 1.38. The summed E-state index contributed by atoms with van der Waals surface area (Å²) >= 11 is 0. The Labute approximate surface area is 196 Å². The number of aromatic hydroxyl groups is 3. The maximum Gasteiger partial charge on any atom is 0.339 e. The van der Waals surface area contributed by atoms with Crippen LogP contribution in [-0.2, 0) is 14.2 Å². The summed E-state index contributed by atoms with van der Waals surface area (Å²) in [6, 6.07) is 1.94. The molecule has 11 heteroatoms. The fourth-order valence-electron chi connectivity index (χ4n) is 3.20. The van der Waals surface area contributed by atoms with Crippen molar-refractivity contribution in [3.8, 4) is 17.2 Å². The summed E-state index contributed by atoms with van der Waals surface area (Å²) in [6.45, 7) is 4.73. The van der Waals surface area contributed by atoms with Crippen molar-refractivity contribution in [3.63, 3.8) is 0 Å². The SMILES string of the molecule is CC(C)=CC[C@@H](OC(=O)c1cc(O)c(O)c(O)c1)/C(C)=C/CO[C@@H]1O[C@H](CO)[C@@H](O)[C@H](O)[C@H]1O. The van der Waals surface area contributed by atoms with Gasteiger partial charge < -0.3 is 50.0 Å². The Kier molecular flexibility index (Phi) is 9.86. The number of phenolic OH excluding ortho intramolecular Hbond substituents is 3. The van der Waals surface area contributed by atoms with E-state index in [0.717, 1.165) is 17.7 Å². The van der Waals surface area contributed by atoms with Crippen molar-refractivity contribution in [2.45, 2.75) is 64.0 Å². The highest BCUT2D eigenvalue weighted by Crippen LogP contribution is 2.35. The molecule has 1 aliphatic rings. The molecule has 0 radical (unpaired) electrons. The van der Waals surface area contributed by atoms with Gasteiger partial charge in [-0.3, -0.25) is 0 Å². The Morgan fingerprint density at radius 1 is 1.03 bits per heavy atom. The van der Waals surface area contributed by atoms with E-state index in [2.05, 4.69) is 0 Å². The second-order valence-electron chi connectivity index (χ2n) is 8.25. The van der Waals surface area contributed by atoms with Crippen molar-refractivity contribution < 1.29 is 54.8 Å². The van der Waals surface area contributed by atoms with Gasteiger partial charge in [0.1, 0.15) is 30.5 Å². The monoisotopic (exact) mass is 484 g/mol. The Hall–Kier alpha value is -2.67. The molecule has 0 saturated carbocycles. The minimum absolute atomic E-state index is 0.113. The number of carbonyl (C=O) groups is 1. The van der Waals surface area contributed by atoms with Crippen LogP contribution < -0.4 is 0 Å². The zero-order chi connectivity index (χ0) is 25.6. The molecule has 0 amide bonds. The van der Waals surface area contributed by atoms with Gasteiger partial charge in [-0.25, -0.2) is 4.79 Å². The number of aliphatic hydroxyl groups excluding tert-OH is 4. The van der Waals surface area contributed by atoms with Gasteiger partial charge in [0.05, 0.1) is 18.8 Å². The standard InChI is InChI=1S/C23H32O11/c1-11(2)4-5-16(33-22(31)13-8-14(25)18(27)15(26)9-13)12(3)6-7-32-23-21(30)20(29)19(28)17(10-24)34-23/h4,6,8-9,16-17,19-21,23-30H,5,7,10H2,1-3H3/b12-6+/t16-,17-,19-,20+,21-,23-/m1/s1. The van der Waals surface area contributed by atoms with Crippen LogP contribution in [0.3, 0.4) is 0 Å². The number of aliphatic hydroxyl groups is 4. The molecule has 2 rings (SSSR count). The highest BCUT2D eigenvalue weighted by molar-refractivity contribution is 5.91. The Morgan fingerprint density at radius 2 is 1.65 bits per heavy atom. The second kappa shape index (κ2) is 12.2. The second-order valence-corrected chi connectivity index (χ2v) is 8.25. The smallest absolute Gasteiger partial charge is 0.339 e. The van der Waals surface area contributed by atoms with Crippen LogP contribution in [-0.4, -0.2) is 91.7 Å². The molecule has 0 spiro atoms. The summed E-state index contributed by atoms with van der Waals surface area (Å²) < 4.78 is 16.3. The lowest BCUT2D eigenvalue weighted by atomic mass is 9.99. The van der Waals surface area contributed by atoms with Crippen LogP contribution in [0.2, 0.25) is 0 Å². The third kappa shape index (κ3) is 6.92. The molecule has 1 aliphatic heterocycles. The number of hydrogen-bond donors (Lipinski definition) is 7. The third-order valence-corrected chi connectivity index (χ3v) is 5.32. The molecule has 7 N–H and O–H groups in total. The van der Waals surface area contributed by atoms with Gasteiger partial charge in [-0.05, 0) is 38.5 Å². The number of phenols is 3. The lowest BCUT2D eigenvalue weighted by Gasteiger charge is -2.39. The number of carbonyl (C=O) groups excluding carboxylic acids is 1.